The van der Waals surface area contributed by atoms with Crippen LogP contribution in [-0.2, 0) is 4.79 Å². The molecule has 0 saturated heterocycles. The average molecular weight is 384 g/mol. The Morgan fingerprint density at radius 3 is 2.68 bits per heavy atom. The molecule has 0 fully saturated rings. The van der Waals surface area contributed by atoms with E-state index in [2.05, 4.69) is 25.9 Å². The van der Waals surface area contributed by atoms with Crippen LogP contribution < -0.4 is 15.4 Å². The highest BCUT2D eigenvalue weighted by molar-refractivity contribution is 5.80. The SMILES string of the molecule is Cc1ccn(-c2ccc(NCCNC(=O)C(C)Oc3ccccc3F)nn2)n1. The van der Waals surface area contributed by atoms with Gasteiger partial charge in [-0.1, -0.05) is 12.1 Å². The van der Waals surface area contributed by atoms with Gasteiger partial charge in [-0.3, -0.25) is 4.79 Å². The fraction of sp³-hybridized carbons (Fsp3) is 0.263. The van der Waals surface area contributed by atoms with Crippen molar-refractivity contribution >= 4 is 11.7 Å². The van der Waals surface area contributed by atoms with Crippen molar-refractivity contribution in [3.63, 3.8) is 0 Å². The van der Waals surface area contributed by atoms with Crippen LogP contribution in [0.3, 0.4) is 0 Å². The summed E-state index contributed by atoms with van der Waals surface area (Å²) in [5.74, 6) is 0.409. The number of nitrogens with one attached hydrogen (secondary N) is 2. The first kappa shape index (κ1) is 19.3. The average Bonchev–Trinajstić information content (AvgIpc) is 3.13. The second kappa shape index (κ2) is 8.94. The number of halogens is 1. The molecule has 0 aliphatic carbocycles. The van der Waals surface area contributed by atoms with Gasteiger partial charge in [0.2, 0.25) is 0 Å². The maximum atomic E-state index is 13.6. The van der Waals surface area contributed by atoms with Crippen LogP contribution in [0.1, 0.15) is 12.6 Å². The molecule has 9 heteroatoms. The van der Waals surface area contributed by atoms with Gasteiger partial charge in [0, 0.05) is 19.3 Å². The number of aromatic nitrogens is 4. The molecular weight excluding hydrogens is 363 g/mol. The Hall–Kier alpha value is -3.49. The van der Waals surface area contributed by atoms with Crippen LogP contribution in [0.2, 0.25) is 0 Å². The summed E-state index contributed by atoms with van der Waals surface area (Å²) in [4.78, 5) is 12.0. The van der Waals surface area contributed by atoms with Gasteiger partial charge < -0.3 is 15.4 Å². The molecule has 28 heavy (non-hydrogen) atoms. The Labute approximate surface area is 161 Å². The van der Waals surface area contributed by atoms with Crippen molar-refractivity contribution in [1.29, 1.82) is 0 Å². The van der Waals surface area contributed by atoms with Crippen molar-refractivity contribution in [3.8, 4) is 11.6 Å². The Balaban J connectivity index is 1.41. The first-order valence-electron chi connectivity index (χ1n) is 8.82. The first-order valence-corrected chi connectivity index (χ1v) is 8.82. The van der Waals surface area contributed by atoms with Crippen LogP contribution in [0, 0.1) is 12.7 Å². The van der Waals surface area contributed by atoms with Crippen LogP contribution in [0.5, 0.6) is 5.75 Å². The Kier molecular flexibility index (Phi) is 6.15. The summed E-state index contributed by atoms with van der Waals surface area (Å²) >= 11 is 0. The molecule has 2 aromatic heterocycles. The molecule has 2 N–H and O–H groups in total. The van der Waals surface area contributed by atoms with Crippen LogP contribution in [0.4, 0.5) is 10.2 Å². The van der Waals surface area contributed by atoms with E-state index in [0.717, 1.165) is 5.69 Å². The van der Waals surface area contributed by atoms with Gasteiger partial charge in [-0.25, -0.2) is 9.07 Å². The van der Waals surface area contributed by atoms with Crippen molar-refractivity contribution in [2.24, 2.45) is 0 Å². The number of rotatable bonds is 8. The maximum absolute atomic E-state index is 13.6. The normalized spacial score (nSPS) is 11.7. The quantitative estimate of drug-likeness (QED) is 0.578. The van der Waals surface area contributed by atoms with E-state index in [4.69, 9.17) is 4.74 Å². The van der Waals surface area contributed by atoms with Crippen LogP contribution in [0.15, 0.2) is 48.7 Å². The third-order valence-electron chi connectivity index (χ3n) is 3.85. The molecule has 146 valence electrons. The zero-order chi connectivity index (χ0) is 19.9. The predicted molar refractivity (Wildman–Crippen MR) is 102 cm³/mol. The summed E-state index contributed by atoms with van der Waals surface area (Å²) in [5.41, 5.74) is 0.896. The van der Waals surface area contributed by atoms with Gasteiger partial charge >= 0.3 is 0 Å². The number of nitrogens with zero attached hydrogens (tertiary/aromatic N) is 4. The second-order valence-electron chi connectivity index (χ2n) is 6.09. The summed E-state index contributed by atoms with van der Waals surface area (Å²) in [5, 5.41) is 18.2. The van der Waals surface area contributed by atoms with E-state index in [-0.39, 0.29) is 11.7 Å². The molecule has 1 amide bonds. The van der Waals surface area contributed by atoms with Crippen molar-refractivity contribution < 1.29 is 13.9 Å². The van der Waals surface area contributed by atoms with Crippen molar-refractivity contribution in [2.45, 2.75) is 20.0 Å². The summed E-state index contributed by atoms with van der Waals surface area (Å²) in [6.45, 7) is 4.27. The van der Waals surface area contributed by atoms with Crippen LogP contribution >= 0.6 is 0 Å². The molecule has 0 radical (unpaired) electrons. The van der Waals surface area contributed by atoms with Crippen molar-refractivity contribution in [1.82, 2.24) is 25.3 Å². The number of hydrogen-bond acceptors (Lipinski definition) is 6. The van der Waals surface area contributed by atoms with E-state index in [1.165, 1.54) is 12.1 Å². The summed E-state index contributed by atoms with van der Waals surface area (Å²) in [6.07, 6.45) is 1.00. The standard InChI is InChI=1S/C19H21FN6O2/c1-13-9-12-26(25-13)18-8-7-17(23-24-18)21-10-11-22-19(27)14(2)28-16-6-4-3-5-15(16)20/h3-9,12,14H,10-11H2,1-2H3,(H,21,23)(H,22,27). The fourth-order valence-corrected chi connectivity index (χ4v) is 2.39. The zero-order valence-corrected chi connectivity index (χ0v) is 15.6. The lowest BCUT2D eigenvalue weighted by atomic mass is 10.3. The predicted octanol–water partition coefficient (Wildman–Crippen LogP) is 2.11. The zero-order valence-electron chi connectivity index (χ0n) is 15.6. The second-order valence-corrected chi connectivity index (χ2v) is 6.09. The summed E-state index contributed by atoms with van der Waals surface area (Å²) < 4.78 is 20.5. The van der Waals surface area contributed by atoms with Gasteiger partial charge in [0.25, 0.3) is 5.91 Å². The summed E-state index contributed by atoms with van der Waals surface area (Å²) in [7, 11) is 0. The minimum atomic E-state index is -0.812. The van der Waals surface area contributed by atoms with Gasteiger partial charge in [0.05, 0.1) is 5.69 Å². The van der Waals surface area contributed by atoms with E-state index < -0.39 is 11.9 Å². The Morgan fingerprint density at radius 1 is 1.18 bits per heavy atom. The molecule has 8 nitrogen and oxygen atoms in total. The maximum Gasteiger partial charge on any atom is 0.260 e. The Morgan fingerprint density at radius 2 is 2.00 bits per heavy atom. The fourth-order valence-electron chi connectivity index (χ4n) is 2.39. The molecule has 1 aromatic carbocycles. The van der Waals surface area contributed by atoms with E-state index in [1.807, 2.05) is 19.2 Å². The lowest BCUT2D eigenvalue weighted by molar-refractivity contribution is -0.127. The van der Waals surface area contributed by atoms with Gasteiger partial charge in [-0.05, 0) is 44.2 Å². The van der Waals surface area contributed by atoms with Gasteiger partial charge in [0.1, 0.15) is 5.82 Å². The molecule has 1 unspecified atom stereocenters. The molecule has 0 aliphatic heterocycles. The van der Waals surface area contributed by atoms with Crippen molar-refractivity contribution in [3.05, 3.63) is 60.2 Å². The van der Waals surface area contributed by atoms with Gasteiger partial charge in [-0.2, -0.15) is 5.10 Å². The topological polar surface area (TPSA) is 94.0 Å². The molecule has 0 bridgehead atoms. The molecule has 3 aromatic rings. The monoisotopic (exact) mass is 384 g/mol. The molecule has 2 heterocycles. The number of hydrogen-bond donors (Lipinski definition) is 2. The van der Waals surface area contributed by atoms with E-state index in [0.29, 0.717) is 24.7 Å². The lowest BCUT2D eigenvalue weighted by Gasteiger charge is -2.15. The smallest absolute Gasteiger partial charge is 0.260 e. The molecular formula is C19H21FN6O2. The van der Waals surface area contributed by atoms with Crippen LogP contribution in [0.25, 0.3) is 5.82 Å². The van der Waals surface area contributed by atoms with E-state index in [9.17, 15) is 9.18 Å². The van der Waals surface area contributed by atoms with Gasteiger partial charge in [-0.15, -0.1) is 10.2 Å². The number of ether oxygens (including phenoxy) is 1. The minimum absolute atomic E-state index is 0.0472. The first-order chi connectivity index (χ1) is 13.5. The highest BCUT2D eigenvalue weighted by Gasteiger charge is 2.15. The van der Waals surface area contributed by atoms with E-state index in [1.54, 1.807) is 35.9 Å². The number of para-hydroxylation sites is 1. The number of amides is 1. The van der Waals surface area contributed by atoms with Crippen molar-refractivity contribution in [2.75, 3.05) is 18.4 Å². The molecule has 0 aliphatic rings. The summed E-state index contributed by atoms with van der Waals surface area (Å²) in [6, 6.07) is 11.4. The number of aryl methyl sites for hydroxylation is 1. The van der Waals surface area contributed by atoms with Crippen LogP contribution in [-0.4, -0.2) is 45.1 Å². The Bertz CT molecular complexity index is 928. The molecule has 0 saturated carbocycles. The third kappa shape index (κ3) is 5.03. The highest BCUT2D eigenvalue weighted by atomic mass is 19.1. The largest absolute Gasteiger partial charge is 0.478 e. The number of carbonyl (C=O) groups is 1. The third-order valence-corrected chi connectivity index (χ3v) is 3.85. The van der Waals surface area contributed by atoms with Gasteiger partial charge in [0.15, 0.2) is 23.5 Å². The lowest BCUT2D eigenvalue weighted by Crippen LogP contribution is -2.38. The number of carbonyl (C=O) groups excluding carboxylic acids is 1. The highest BCUT2D eigenvalue weighted by Crippen LogP contribution is 2.16. The molecule has 1 atom stereocenters. The molecule has 0 spiro atoms. The minimum Gasteiger partial charge on any atom is -0.478 e. The number of anilines is 1. The van der Waals surface area contributed by atoms with E-state index >= 15 is 0 Å². The number of benzene rings is 1. The molecule has 3 rings (SSSR count).